The van der Waals surface area contributed by atoms with Gasteiger partial charge in [-0.25, -0.2) is 0 Å². The van der Waals surface area contributed by atoms with Crippen molar-refractivity contribution in [3.05, 3.63) is 34.9 Å². The number of aryl methyl sites for hydroxylation is 1. The third-order valence-electron chi connectivity index (χ3n) is 3.05. The molecule has 1 heterocycles. The van der Waals surface area contributed by atoms with Crippen LogP contribution in [0.3, 0.4) is 0 Å². The predicted octanol–water partition coefficient (Wildman–Crippen LogP) is 2.40. The van der Waals surface area contributed by atoms with E-state index in [-0.39, 0.29) is 6.04 Å². The summed E-state index contributed by atoms with van der Waals surface area (Å²) in [4.78, 5) is 1.86. The van der Waals surface area contributed by atoms with Gasteiger partial charge in [0.25, 0.3) is 0 Å². The van der Waals surface area contributed by atoms with Crippen LogP contribution in [0.15, 0.2) is 18.2 Å². The van der Waals surface area contributed by atoms with Crippen molar-refractivity contribution in [1.82, 2.24) is 4.90 Å². The number of nitriles is 1. The molecule has 0 aromatic heterocycles. The minimum atomic E-state index is 0.241. The van der Waals surface area contributed by atoms with Crippen molar-refractivity contribution in [1.29, 1.82) is 5.26 Å². The molecule has 1 aromatic carbocycles. The molecule has 1 aromatic rings. The predicted molar refractivity (Wildman–Crippen MR) is 55.6 cm³/mol. The number of nitrogens with zero attached hydrogens (tertiary/aromatic N) is 2. The molecule has 0 bridgehead atoms. The lowest BCUT2D eigenvalue weighted by atomic mass is 9.90. The monoisotopic (exact) mass is 186 g/mol. The van der Waals surface area contributed by atoms with E-state index in [0.717, 1.165) is 13.0 Å². The number of hydrogen-bond donors (Lipinski definition) is 0. The number of hydrogen-bond acceptors (Lipinski definition) is 2. The van der Waals surface area contributed by atoms with Gasteiger partial charge in [-0.2, -0.15) is 5.26 Å². The zero-order chi connectivity index (χ0) is 10.1. The van der Waals surface area contributed by atoms with E-state index in [4.69, 9.17) is 5.26 Å². The molecular weight excluding hydrogens is 172 g/mol. The molecule has 72 valence electrons. The highest BCUT2D eigenvalue weighted by Crippen LogP contribution is 2.30. The Labute approximate surface area is 84.8 Å². The number of benzene rings is 1. The van der Waals surface area contributed by atoms with Crippen LogP contribution in [0.2, 0.25) is 0 Å². The van der Waals surface area contributed by atoms with Crippen LogP contribution in [-0.2, 0) is 6.42 Å². The van der Waals surface area contributed by atoms with Gasteiger partial charge in [-0.15, -0.1) is 0 Å². The van der Waals surface area contributed by atoms with Crippen molar-refractivity contribution in [2.45, 2.75) is 26.3 Å². The Morgan fingerprint density at radius 3 is 3.00 bits per heavy atom. The molecule has 2 nitrogen and oxygen atoms in total. The van der Waals surface area contributed by atoms with Crippen LogP contribution in [0.4, 0.5) is 0 Å². The van der Waals surface area contributed by atoms with Crippen LogP contribution in [0.25, 0.3) is 0 Å². The highest BCUT2D eigenvalue weighted by atomic mass is 15.1. The van der Waals surface area contributed by atoms with Crippen LogP contribution in [-0.4, -0.2) is 11.4 Å². The van der Waals surface area contributed by atoms with Crippen molar-refractivity contribution < 1.29 is 0 Å². The lowest BCUT2D eigenvalue weighted by molar-refractivity contribution is 0.295. The number of fused-ring (bicyclic) bond motifs is 1. The highest BCUT2D eigenvalue weighted by Gasteiger charge is 2.23. The van der Waals surface area contributed by atoms with Gasteiger partial charge in [0.1, 0.15) is 0 Å². The minimum absolute atomic E-state index is 0.241. The molecule has 0 radical (unpaired) electrons. The molecule has 14 heavy (non-hydrogen) atoms. The maximum absolute atomic E-state index is 8.95. The highest BCUT2D eigenvalue weighted by molar-refractivity contribution is 5.39. The smallest absolute Gasteiger partial charge is 0.179 e. The summed E-state index contributed by atoms with van der Waals surface area (Å²) in [5.74, 6) is 0. The van der Waals surface area contributed by atoms with E-state index in [0.29, 0.717) is 0 Å². The molecule has 0 saturated heterocycles. The van der Waals surface area contributed by atoms with Gasteiger partial charge in [-0.05, 0) is 37.0 Å². The lowest BCUT2D eigenvalue weighted by Crippen LogP contribution is -2.30. The molecule has 0 spiro atoms. The molecule has 2 rings (SSSR count). The molecular formula is C12H14N2. The molecule has 2 heteroatoms. The summed E-state index contributed by atoms with van der Waals surface area (Å²) in [6.07, 6.45) is 3.25. The average molecular weight is 186 g/mol. The van der Waals surface area contributed by atoms with E-state index >= 15 is 0 Å². The molecule has 0 fully saturated rings. The van der Waals surface area contributed by atoms with Crippen LogP contribution in [0.1, 0.15) is 29.7 Å². The Morgan fingerprint density at radius 1 is 1.50 bits per heavy atom. The van der Waals surface area contributed by atoms with Gasteiger partial charge in [-0.1, -0.05) is 18.2 Å². The van der Waals surface area contributed by atoms with Crippen LogP contribution >= 0.6 is 0 Å². The first-order chi connectivity index (χ1) is 6.74. The van der Waals surface area contributed by atoms with Gasteiger partial charge in [0, 0.05) is 6.54 Å². The topological polar surface area (TPSA) is 27.0 Å². The Morgan fingerprint density at radius 2 is 2.29 bits per heavy atom. The van der Waals surface area contributed by atoms with Gasteiger partial charge in [0.2, 0.25) is 0 Å². The van der Waals surface area contributed by atoms with E-state index < -0.39 is 0 Å². The Balaban J connectivity index is 2.49. The van der Waals surface area contributed by atoms with Gasteiger partial charge in [-0.3, -0.25) is 0 Å². The normalized spacial score (nSPS) is 20.1. The van der Waals surface area contributed by atoms with Gasteiger partial charge < -0.3 is 4.90 Å². The molecule has 0 saturated carbocycles. The quantitative estimate of drug-likeness (QED) is 0.582. The maximum atomic E-state index is 8.95. The van der Waals surface area contributed by atoms with Crippen molar-refractivity contribution in [2.24, 2.45) is 0 Å². The fourth-order valence-corrected chi connectivity index (χ4v) is 2.28. The summed E-state index contributed by atoms with van der Waals surface area (Å²) >= 11 is 0. The molecule has 1 aliphatic rings. The average Bonchev–Trinajstić information content (AvgIpc) is 2.18. The molecule has 0 aliphatic carbocycles. The van der Waals surface area contributed by atoms with Crippen molar-refractivity contribution >= 4 is 0 Å². The van der Waals surface area contributed by atoms with Gasteiger partial charge in [0.15, 0.2) is 6.19 Å². The third kappa shape index (κ3) is 1.26. The molecule has 0 amide bonds. The second kappa shape index (κ2) is 3.34. The summed E-state index contributed by atoms with van der Waals surface area (Å²) in [6.45, 7) is 5.08. The van der Waals surface area contributed by atoms with Crippen LogP contribution < -0.4 is 0 Å². The fourth-order valence-electron chi connectivity index (χ4n) is 2.28. The maximum Gasteiger partial charge on any atom is 0.179 e. The van der Waals surface area contributed by atoms with E-state index in [1.54, 1.807) is 0 Å². The first-order valence-corrected chi connectivity index (χ1v) is 4.99. The van der Waals surface area contributed by atoms with E-state index in [2.05, 4.69) is 38.2 Å². The first kappa shape index (κ1) is 9.08. The van der Waals surface area contributed by atoms with Crippen molar-refractivity contribution in [3.8, 4) is 6.19 Å². The van der Waals surface area contributed by atoms with Crippen molar-refractivity contribution in [2.75, 3.05) is 6.54 Å². The van der Waals surface area contributed by atoms with Gasteiger partial charge in [0.05, 0.1) is 6.04 Å². The Hall–Kier alpha value is -1.49. The molecule has 1 unspecified atom stereocenters. The Bertz CT molecular complexity index is 390. The SMILES string of the molecule is Cc1cccc2c1C(C)N(C#N)CC2. The van der Waals surface area contributed by atoms with Gasteiger partial charge >= 0.3 is 0 Å². The second-order valence-electron chi connectivity index (χ2n) is 3.87. The molecule has 0 N–H and O–H groups in total. The van der Waals surface area contributed by atoms with E-state index in [1.165, 1.54) is 16.7 Å². The standard InChI is InChI=1S/C12H14N2/c1-9-4-3-5-11-6-7-14(8-13)10(2)12(9)11/h3-5,10H,6-7H2,1-2H3. The van der Waals surface area contributed by atoms with Crippen molar-refractivity contribution in [3.63, 3.8) is 0 Å². The minimum Gasteiger partial charge on any atom is -0.303 e. The van der Waals surface area contributed by atoms with Crippen LogP contribution in [0.5, 0.6) is 0 Å². The first-order valence-electron chi connectivity index (χ1n) is 4.99. The molecule has 1 aliphatic heterocycles. The van der Waals surface area contributed by atoms with Crippen LogP contribution in [0, 0.1) is 18.4 Å². The number of rotatable bonds is 0. The van der Waals surface area contributed by atoms with E-state index in [9.17, 15) is 0 Å². The molecule has 1 atom stereocenters. The summed E-state index contributed by atoms with van der Waals surface area (Å²) in [7, 11) is 0. The summed E-state index contributed by atoms with van der Waals surface area (Å²) < 4.78 is 0. The largest absolute Gasteiger partial charge is 0.303 e. The summed E-state index contributed by atoms with van der Waals surface area (Å²) in [5, 5.41) is 8.95. The third-order valence-corrected chi connectivity index (χ3v) is 3.05. The second-order valence-corrected chi connectivity index (χ2v) is 3.87. The Kier molecular flexibility index (Phi) is 2.17. The summed E-state index contributed by atoms with van der Waals surface area (Å²) in [5.41, 5.74) is 4.05. The summed E-state index contributed by atoms with van der Waals surface area (Å²) in [6, 6.07) is 6.64. The lowest BCUT2D eigenvalue weighted by Gasteiger charge is -2.32. The van der Waals surface area contributed by atoms with E-state index in [1.807, 2.05) is 4.90 Å². The zero-order valence-corrected chi connectivity index (χ0v) is 8.62. The fraction of sp³-hybridized carbons (Fsp3) is 0.417. The zero-order valence-electron chi connectivity index (χ0n) is 8.62.